The molecular formula is C22H27N5O3. The lowest BCUT2D eigenvalue weighted by molar-refractivity contribution is 0.202. The number of ether oxygens (including phenoxy) is 1. The SMILES string of the molecule is CN1CCN(c2ccc(NC(=O)Oc3ccc(C#N)o3)c(N3CCCCC3)c2)CC1. The maximum Gasteiger partial charge on any atom is 0.419 e. The Morgan fingerprint density at radius 2 is 1.80 bits per heavy atom. The van der Waals surface area contributed by atoms with Crippen molar-refractivity contribution in [3.8, 4) is 12.0 Å². The van der Waals surface area contributed by atoms with Crippen molar-refractivity contribution >= 4 is 23.2 Å². The predicted octanol–water partition coefficient (Wildman–Crippen LogP) is 3.50. The van der Waals surface area contributed by atoms with Crippen LogP contribution in [0, 0.1) is 11.3 Å². The number of rotatable bonds is 4. The summed E-state index contributed by atoms with van der Waals surface area (Å²) < 4.78 is 10.3. The van der Waals surface area contributed by atoms with Crippen LogP contribution in [0.25, 0.3) is 0 Å². The van der Waals surface area contributed by atoms with Crippen LogP contribution in [0.3, 0.4) is 0 Å². The summed E-state index contributed by atoms with van der Waals surface area (Å²) in [7, 11) is 2.15. The van der Waals surface area contributed by atoms with Gasteiger partial charge in [-0.25, -0.2) is 4.79 Å². The van der Waals surface area contributed by atoms with Crippen molar-refractivity contribution in [3.63, 3.8) is 0 Å². The van der Waals surface area contributed by atoms with Gasteiger partial charge < -0.3 is 23.9 Å². The van der Waals surface area contributed by atoms with Gasteiger partial charge in [0.25, 0.3) is 5.95 Å². The Morgan fingerprint density at radius 3 is 2.50 bits per heavy atom. The first-order valence-electron chi connectivity index (χ1n) is 10.4. The van der Waals surface area contributed by atoms with Crippen LogP contribution in [-0.4, -0.2) is 57.3 Å². The van der Waals surface area contributed by atoms with Gasteiger partial charge in [0.15, 0.2) is 0 Å². The van der Waals surface area contributed by atoms with Crippen LogP contribution in [0.4, 0.5) is 21.9 Å². The molecule has 0 saturated carbocycles. The number of nitrogens with zero attached hydrogens (tertiary/aromatic N) is 4. The molecule has 4 rings (SSSR count). The summed E-state index contributed by atoms with van der Waals surface area (Å²) in [6.45, 7) is 6.01. The summed E-state index contributed by atoms with van der Waals surface area (Å²) in [4.78, 5) is 19.5. The van der Waals surface area contributed by atoms with Gasteiger partial charge in [0.2, 0.25) is 5.76 Å². The number of amides is 1. The third-order valence-electron chi connectivity index (χ3n) is 5.67. The molecule has 1 aromatic heterocycles. The minimum Gasteiger partial charge on any atom is -0.414 e. The molecule has 8 nitrogen and oxygen atoms in total. The van der Waals surface area contributed by atoms with Crippen molar-refractivity contribution in [2.45, 2.75) is 19.3 Å². The average Bonchev–Trinajstić information content (AvgIpc) is 3.22. The summed E-state index contributed by atoms with van der Waals surface area (Å²) >= 11 is 0. The Kier molecular flexibility index (Phi) is 6.10. The van der Waals surface area contributed by atoms with Crippen molar-refractivity contribution in [2.75, 3.05) is 61.4 Å². The molecule has 30 heavy (non-hydrogen) atoms. The minimum absolute atomic E-state index is 0.00220. The molecule has 2 aromatic rings. The number of nitriles is 1. The number of anilines is 3. The molecule has 158 valence electrons. The first kappa shape index (κ1) is 20.1. The van der Waals surface area contributed by atoms with Gasteiger partial charge in [-0.15, -0.1) is 0 Å². The molecule has 3 heterocycles. The Bertz CT molecular complexity index is 921. The summed E-state index contributed by atoms with van der Waals surface area (Å²) in [5, 5.41) is 11.7. The molecule has 0 aliphatic carbocycles. The van der Waals surface area contributed by atoms with E-state index in [1.807, 2.05) is 12.1 Å². The lowest BCUT2D eigenvalue weighted by atomic mass is 10.1. The molecule has 0 atom stereocenters. The summed E-state index contributed by atoms with van der Waals surface area (Å²) in [5.41, 5.74) is 2.90. The third-order valence-corrected chi connectivity index (χ3v) is 5.67. The van der Waals surface area contributed by atoms with E-state index < -0.39 is 6.09 Å². The molecule has 0 spiro atoms. The van der Waals surface area contributed by atoms with Gasteiger partial charge >= 0.3 is 6.09 Å². The van der Waals surface area contributed by atoms with E-state index in [4.69, 9.17) is 14.4 Å². The highest BCUT2D eigenvalue weighted by atomic mass is 16.6. The second kappa shape index (κ2) is 9.09. The minimum atomic E-state index is -0.639. The van der Waals surface area contributed by atoms with Crippen LogP contribution in [0.15, 0.2) is 34.7 Å². The Balaban J connectivity index is 1.53. The van der Waals surface area contributed by atoms with E-state index in [2.05, 4.69) is 39.2 Å². The van der Waals surface area contributed by atoms with Gasteiger partial charge in [0.1, 0.15) is 6.07 Å². The van der Waals surface area contributed by atoms with E-state index >= 15 is 0 Å². The van der Waals surface area contributed by atoms with Crippen molar-refractivity contribution in [1.29, 1.82) is 5.26 Å². The molecule has 8 heteroatoms. The molecule has 1 amide bonds. The number of piperazine rings is 1. The summed E-state index contributed by atoms with van der Waals surface area (Å²) in [6, 6.07) is 11.0. The zero-order valence-electron chi connectivity index (χ0n) is 17.3. The predicted molar refractivity (Wildman–Crippen MR) is 115 cm³/mol. The van der Waals surface area contributed by atoms with Crippen LogP contribution in [0.5, 0.6) is 5.95 Å². The number of carbonyl (C=O) groups excluding carboxylic acids is 1. The topological polar surface area (TPSA) is 85.0 Å². The largest absolute Gasteiger partial charge is 0.419 e. The summed E-state index contributed by atoms with van der Waals surface area (Å²) in [5.74, 6) is 0.0981. The molecule has 2 saturated heterocycles. The van der Waals surface area contributed by atoms with Gasteiger partial charge in [-0.3, -0.25) is 5.32 Å². The molecule has 1 N–H and O–H groups in total. The molecule has 1 aromatic carbocycles. The number of piperidine rings is 1. The monoisotopic (exact) mass is 409 g/mol. The third kappa shape index (κ3) is 4.69. The zero-order valence-corrected chi connectivity index (χ0v) is 17.3. The maximum atomic E-state index is 12.4. The summed E-state index contributed by atoms with van der Waals surface area (Å²) in [6.07, 6.45) is 2.89. The van der Waals surface area contributed by atoms with Crippen LogP contribution in [0.1, 0.15) is 25.0 Å². The Hall–Kier alpha value is -3.18. The van der Waals surface area contributed by atoms with E-state index in [-0.39, 0.29) is 11.7 Å². The number of nitrogens with one attached hydrogen (secondary N) is 1. The van der Waals surface area contributed by atoms with Gasteiger partial charge in [-0.1, -0.05) is 0 Å². The van der Waals surface area contributed by atoms with E-state index in [9.17, 15) is 4.79 Å². The highest BCUT2D eigenvalue weighted by Crippen LogP contribution is 2.33. The van der Waals surface area contributed by atoms with E-state index in [1.54, 1.807) is 0 Å². The molecule has 0 radical (unpaired) electrons. The highest BCUT2D eigenvalue weighted by Gasteiger charge is 2.21. The second-order valence-corrected chi connectivity index (χ2v) is 7.78. The van der Waals surface area contributed by atoms with E-state index in [1.165, 1.54) is 24.2 Å². The fourth-order valence-electron chi connectivity index (χ4n) is 3.95. The van der Waals surface area contributed by atoms with Gasteiger partial charge in [-0.2, -0.15) is 5.26 Å². The maximum absolute atomic E-state index is 12.4. The van der Waals surface area contributed by atoms with Crippen LogP contribution in [-0.2, 0) is 0 Å². The van der Waals surface area contributed by atoms with Crippen LogP contribution >= 0.6 is 0 Å². The smallest absolute Gasteiger partial charge is 0.414 e. The van der Waals surface area contributed by atoms with Crippen LogP contribution < -0.4 is 19.9 Å². The lowest BCUT2D eigenvalue weighted by Gasteiger charge is -2.36. The number of likely N-dealkylation sites (N-methyl/N-ethyl adjacent to an activating group) is 1. The molecule has 2 aliphatic heterocycles. The molecular weight excluding hydrogens is 382 g/mol. The Morgan fingerprint density at radius 1 is 1.03 bits per heavy atom. The number of hydrogen-bond acceptors (Lipinski definition) is 7. The van der Waals surface area contributed by atoms with Crippen molar-refractivity contribution in [2.24, 2.45) is 0 Å². The standard InChI is InChI=1S/C22H27N5O3/c1-25-11-13-26(14-12-25)17-5-7-19(20(15-17)27-9-3-2-4-10-27)24-22(28)30-21-8-6-18(16-23)29-21/h5-8,15H,2-4,9-14H2,1H3,(H,24,28). The van der Waals surface area contributed by atoms with Crippen LogP contribution in [0.2, 0.25) is 0 Å². The normalized spacial score (nSPS) is 17.5. The Labute approximate surface area is 176 Å². The van der Waals surface area contributed by atoms with Gasteiger partial charge in [0, 0.05) is 51.0 Å². The molecule has 2 fully saturated rings. The van der Waals surface area contributed by atoms with E-state index in [0.717, 1.165) is 57.8 Å². The fourth-order valence-corrected chi connectivity index (χ4v) is 3.95. The first-order valence-corrected chi connectivity index (χ1v) is 10.4. The first-order chi connectivity index (χ1) is 14.6. The van der Waals surface area contributed by atoms with E-state index in [0.29, 0.717) is 5.69 Å². The second-order valence-electron chi connectivity index (χ2n) is 7.78. The average molecular weight is 409 g/mol. The molecule has 0 unspecified atom stereocenters. The van der Waals surface area contributed by atoms with Gasteiger partial charge in [0.05, 0.1) is 11.4 Å². The van der Waals surface area contributed by atoms with Crippen molar-refractivity contribution < 1.29 is 13.9 Å². The zero-order chi connectivity index (χ0) is 20.9. The number of benzene rings is 1. The van der Waals surface area contributed by atoms with Crippen molar-refractivity contribution in [3.05, 3.63) is 36.1 Å². The highest BCUT2D eigenvalue weighted by molar-refractivity contribution is 5.91. The number of hydrogen-bond donors (Lipinski definition) is 1. The molecule has 2 aliphatic rings. The number of carbonyl (C=O) groups is 1. The number of furan rings is 1. The quantitative estimate of drug-likeness (QED) is 0.827. The molecule has 0 bridgehead atoms. The van der Waals surface area contributed by atoms with Crippen molar-refractivity contribution in [1.82, 2.24) is 4.90 Å². The lowest BCUT2D eigenvalue weighted by Crippen LogP contribution is -2.44. The fraction of sp³-hybridized carbons (Fsp3) is 0.455. The van der Waals surface area contributed by atoms with Gasteiger partial charge in [-0.05, 0) is 50.6 Å².